The summed E-state index contributed by atoms with van der Waals surface area (Å²) in [6, 6.07) is 3.32. The molecule has 0 aromatic carbocycles. The molecule has 5 heteroatoms. The van der Waals surface area contributed by atoms with Crippen LogP contribution in [0.2, 0.25) is 5.15 Å². The summed E-state index contributed by atoms with van der Waals surface area (Å²) in [6.45, 7) is 0. The van der Waals surface area contributed by atoms with E-state index in [0.717, 1.165) is 0 Å². The topological polar surface area (TPSA) is 42.0 Å². The third-order valence-corrected chi connectivity index (χ3v) is 1.72. The predicted molar refractivity (Wildman–Crippen MR) is 46.9 cm³/mol. The van der Waals surface area contributed by atoms with Gasteiger partial charge in [-0.3, -0.25) is 0 Å². The van der Waals surface area contributed by atoms with Gasteiger partial charge in [0.05, 0.1) is 5.69 Å². The van der Waals surface area contributed by atoms with Gasteiger partial charge in [-0.2, -0.15) is 0 Å². The van der Waals surface area contributed by atoms with E-state index in [0.29, 0.717) is 10.8 Å². The lowest BCUT2D eigenvalue weighted by Gasteiger charge is -2.00. The van der Waals surface area contributed by atoms with Gasteiger partial charge in [-0.25, -0.2) is 9.19 Å². The second-order valence-corrected chi connectivity index (χ2v) is 3.42. The largest absolute Gasteiger partial charge is 0.305 e. The summed E-state index contributed by atoms with van der Waals surface area (Å²) in [6.07, 6.45) is 3.10. The Morgan fingerprint density at radius 2 is 2.45 bits per heavy atom. The van der Waals surface area contributed by atoms with Crippen LogP contribution < -0.4 is 4.72 Å². The summed E-state index contributed by atoms with van der Waals surface area (Å²) < 4.78 is 13.4. The third kappa shape index (κ3) is 2.86. The first kappa shape index (κ1) is 8.49. The summed E-state index contributed by atoms with van der Waals surface area (Å²) in [7, 11) is -1.06. The lowest BCUT2D eigenvalue weighted by atomic mass is 10.4. The van der Waals surface area contributed by atoms with E-state index in [4.69, 9.17) is 11.6 Å². The highest BCUT2D eigenvalue weighted by Crippen LogP contribution is 2.11. The minimum atomic E-state index is -1.06. The fourth-order valence-electron chi connectivity index (χ4n) is 0.632. The van der Waals surface area contributed by atoms with Crippen molar-refractivity contribution >= 4 is 28.3 Å². The molecule has 11 heavy (non-hydrogen) atoms. The Balaban J connectivity index is 2.79. The number of nitrogens with zero attached hydrogens (tertiary/aromatic N) is 1. The molecule has 1 unspecified atom stereocenters. The monoisotopic (exact) mass is 190 g/mol. The Hall–Kier alpha value is -0.610. The van der Waals surface area contributed by atoms with Crippen LogP contribution in [0.1, 0.15) is 0 Å². The van der Waals surface area contributed by atoms with Crippen LogP contribution in [0.4, 0.5) is 5.69 Å². The Morgan fingerprint density at radius 1 is 1.73 bits per heavy atom. The quantitative estimate of drug-likeness (QED) is 0.718. The molecule has 0 spiro atoms. The predicted octanol–water partition coefficient (Wildman–Crippen LogP) is 1.44. The van der Waals surface area contributed by atoms with Crippen molar-refractivity contribution in [3.8, 4) is 0 Å². The van der Waals surface area contributed by atoms with E-state index in [1.54, 1.807) is 24.6 Å². The molecular weight excluding hydrogens is 184 g/mol. The number of hydrogen-bond acceptors (Lipinski definition) is 2. The van der Waals surface area contributed by atoms with Crippen LogP contribution in [-0.2, 0) is 11.0 Å². The Kier molecular flexibility index (Phi) is 2.84. The van der Waals surface area contributed by atoms with Crippen molar-refractivity contribution in [2.75, 3.05) is 11.0 Å². The van der Waals surface area contributed by atoms with Gasteiger partial charge < -0.3 is 4.72 Å². The molecule has 0 fully saturated rings. The second kappa shape index (κ2) is 3.69. The van der Waals surface area contributed by atoms with Crippen molar-refractivity contribution in [2.45, 2.75) is 0 Å². The maximum atomic E-state index is 10.7. The molecule has 1 aromatic rings. The van der Waals surface area contributed by atoms with Crippen LogP contribution in [0, 0.1) is 0 Å². The van der Waals surface area contributed by atoms with E-state index in [9.17, 15) is 4.21 Å². The number of anilines is 1. The summed E-state index contributed by atoms with van der Waals surface area (Å²) in [5, 5.41) is 0.389. The van der Waals surface area contributed by atoms with Gasteiger partial charge >= 0.3 is 0 Å². The molecule has 0 aliphatic carbocycles. The highest BCUT2D eigenvalue weighted by molar-refractivity contribution is 7.85. The molecule has 0 aliphatic rings. The van der Waals surface area contributed by atoms with Crippen molar-refractivity contribution in [3.63, 3.8) is 0 Å². The van der Waals surface area contributed by atoms with Crippen LogP contribution in [0.15, 0.2) is 18.3 Å². The molecule has 0 saturated heterocycles. The lowest BCUT2D eigenvalue weighted by Crippen LogP contribution is -2.00. The summed E-state index contributed by atoms with van der Waals surface area (Å²) >= 11 is 5.58. The smallest absolute Gasteiger partial charge is 0.131 e. The van der Waals surface area contributed by atoms with E-state index in [2.05, 4.69) is 9.71 Å². The zero-order valence-electron chi connectivity index (χ0n) is 5.87. The Labute approximate surface area is 72.4 Å². The lowest BCUT2D eigenvalue weighted by molar-refractivity contribution is 0.690. The maximum absolute atomic E-state index is 10.7. The Morgan fingerprint density at radius 3 is 3.00 bits per heavy atom. The van der Waals surface area contributed by atoms with Gasteiger partial charge in [0.1, 0.15) is 16.1 Å². The van der Waals surface area contributed by atoms with E-state index in [-0.39, 0.29) is 0 Å². The van der Waals surface area contributed by atoms with Crippen molar-refractivity contribution in [3.05, 3.63) is 23.5 Å². The van der Waals surface area contributed by atoms with E-state index < -0.39 is 11.0 Å². The van der Waals surface area contributed by atoms with Crippen LogP contribution in [0.5, 0.6) is 0 Å². The van der Waals surface area contributed by atoms with Crippen molar-refractivity contribution in [1.29, 1.82) is 0 Å². The van der Waals surface area contributed by atoms with Crippen LogP contribution >= 0.6 is 11.6 Å². The summed E-state index contributed by atoms with van der Waals surface area (Å²) in [5.41, 5.74) is 0.714. The molecule has 0 aliphatic heterocycles. The molecule has 3 nitrogen and oxygen atoms in total. The maximum Gasteiger partial charge on any atom is 0.131 e. The molecule has 1 atom stereocenters. The SMILES string of the molecule is CS(=O)Nc1ccnc(Cl)c1. The molecule has 60 valence electrons. The number of aromatic nitrogens is 1. The van der Waals surface area contributed by atoms with Crippen LogP contribution in [0.25, 0.3) is 0 Å². The molecule has 1 heterocycles. The van der Waals surface area contributed by atoms with E-state index >= 15 is 0 Å². The molecule has 1 aromatic heterocycles. The van der Waals surface area contributed by atoms with E-state index in [1.807, 2.05) is 0 Å². The number of nitrogens with one attached hydrogen (secondary N) is 1. The summed E-state index contributed by atoms with van der Waals surface area (Å²) in [4.78, 5) is 3.77. The standard InChI is InChI=1S/C6H7ClN2OS/c1-11(10)9-5-2-3-8-6(7)4-5/h2-4H,1H3,(H,8,9). The molecule has 0 saturated carbocycles. The average molecular weight is 191 g/mol. The molecule has 0 bridgehead atoms. The van der Waals surface area contributed by atoms with Gasteiger partial charge in [0.25, 0.3) is 0 Å². The number of hydrogen-bond donors (Lipinski definition) is 1. The number of pyridine rings is 1. The van der Waals surface area contributed by atoms with Crippen LogP contribution in [0.3, 0.4) is 0 Å². The zero-order valence-corrected chi connectivity index (χ0v) is 7.45. The minimum absolute atomic E-state index is 0.389. The first-order valence-electron chi connectivity index (χ1n) is 2.90. The summed E-state index contributed by atoms with van der Waals surface area (Å²) in [5.74, 6) is 0. The number of rotatable bonds is 2. The zero-order chi connectivity index (χ0) is 8.27. The van der Waals surface area contributed by atoms with E-state index in [1.165, 1.54) is 0 Å². The van der Waals surface area contributed by atoms with Crippen molar-refractivity contribution < 1.29 is 4.21 Å². The Bertz CT molecular complexity index is 279. The van der Waals surface area contributed by atoms with Crippen molar-refractivity contribution in [2.24, 2.45) is 0 Å². The van der Waals surface area contributed by atoms with Gasteiger partial charge in [-0.15, -0.1) is 0 Å². The highest BCUT2D eigenvalue weighted by atomic mass is 35.5. The minimum Gasteiger partial charge on any atom is -0.305 e. The number of halogens is 1. The fourth-order valence-corrected chi connectivity index (χ4v) is 1.26. The molecule has 1 rings (SSSR count). The first-order valence-corrected chi connectivity index (χ1v) is 4.84. The molecule has 0 radical (unpaired) electrons. The molecule has 1 N–H and O–H groups in total. The third-order valence-electron chi connectivity index (χ3n) is 0.988. The van der Waals surface area contributed by atoms with Gasteiger partial charge in [-0.1, -0.05) is 11.6 Å². The van der Waals surface area contributed by atoms with Crippen molar-refractivity contribution in [1.82, 2.24) is 4.98 Å². The second-order valence-electron chi connectivity index (χ2n) is 1.92. The fraction of sp³-hybridized carbons (Fsp3) is 0.167. The first-order chi connectivity index (χ1) is 5.18. The highest BCUT2D eigenvalue weighted by Gasteiger charge is 1.94. The average Bonchev–Trinajstić information content (AvgIpc) is 1.85. The van der Waals surface area contributed by atoms with Gasteiger partial charge in [0.15, 0.2) is 0 Å². The van der Waals surface area contributed by atoms with Gasteiger partial charge in [0, 0.05) is 12.5 Å². The van der Waals surface area contributed by atoms with Crippen LogP contribution in [-0.4, -0.2) is 15.4 Å². The van der Waals surface area contributed by atoms with Gasteiger partial charge in [-0.05, 0) is 12.1 Å². The molecule has 0 amide bonds. The normalized spacial score (nSPS) is 12.5. The van der Waals surface area contributed by atoms with Gasteiger partial charge in [0.2, 0.25) is 0 Å². The molecular formula is C6H7ClN2OS.